The number of aliphatic imine (C=N–C) groups is 1. The van der Waals surface area contributed by atoms with Gasteiger partial charge in [-0.3, -0.25) is 9.59 Å². The summed E-state index contributed by atoms with van der Waals surface area (Å²) in [6.07, 6.45) is -5.25. The molecule has 3 aromatic carbocycles. The van der Waals surface area contributed by atoms with Crippen LogP contribution < -0.4 is 5.32 Å². The van der Waals surface area contributed by atoms with Gasteiger partial charge in [-0.1, -0.05) is 54.6 Å². The van der Waals surface area contributed by atoms with Crippen molar-refractivity contribution in [3.05, 3.63) is 108 Å². The SMILES string of the molecule is CC1=NC(=O)[C@@H]([C@H]2O[C@@H](COC(=O)c3ccccc3)[C@@H](OC(=O)c3ccccc3)[C@H]2OC(=O)c2ccccc2)NC1=O. The lowest BCUT2D eigenvalue weighted by Crippen LogP contribution is -2.57. The van der Waals surface area contributed by atoms with Crippen molar-refractivity contribution in [2.75, 3.05) is 6.61 Å². The highest BCUT2D eigenvalue weighted by Gasteiger charge is 2.55. The normalized spacial score (nSPS) is 23.4. The second-order valence-electron chi connectivity index (χ2n) is 9.56. The quantitative estimate of drug-likeness (QED) is 0.319. The third-order valence-electron chi connectivity index (χ3n) is 6.73. The summed E-state index contributed by atoms with van der Waals surface area (Å²) in [5.74, 6) is -3.58. The minimum atomic E-state index is -1.39. The molecule has 2 amide bonds. The van der Waals surface area contributed by atoms with Crippen LogP contribution in [0.15, 0.2) is 96.0 Å². The fraction of sp³-hybridized carbons (Fsp3) is 0.226. The van der Waals surface area contributed by atoms with Crippen molar-refractivity contribution in [2.24, 2.45) is 4.99 Å². The van der Waals surface area contributed by atoms with Crippen LogP contribution in [-0.4, -0.2) is 72.5 Å². The van der Waals surface area contributed by atoms with Gasteiger partial charge in [0, 0.05) is 0 Å². The number of hydrogen-bond acceptors (Lipinski definition) is 9. The fourth-order valence-electron chi connectivity index (χ4n) is 4.60. The van der Waals surface area contributed by atoms with E-state index in [-0.39, 0.29) is 22.4 Å². The van der Waals surface area contributed by atoms with Crippen molar-refractivity contribution in [1.29, 1.82) is 0 Å². The second-order valence-corrected chi connectivity index (χ2v) is 9.56. The highest BCUT2D eigenvalue weighted by Crippen LogP contribution is 2.32. The minimum Gasteiger partial charge on any atom is -0.459 e. The van der Waals surface area contributed by atoms with Crippen LogP contribution in [0, 0.1) is 0 Å². The molecule has 0 bridgehead atoms. The summed E-state index contributed by atoms with van der Waals surface area (Å²) in [6.45, 7) is 0.954. The molecular formula is C31H26N2O9. The summed E-state index contributed by atoms with van der Waals surface area (Å²) in [6, 6.07) is 23.0. The summed E-state index contributed by atoms with van der Waals surface area (Å²) in [7, 11) is 0. The molecule has 11 nitrogen and oxygen atoms in total. The molecule has 1 saturated heterocycles. The van der Waals surface area contributed by atoms with Gasteiger partial charge in [-0.2, -0.15) is 0 Å². The first kappa shape index (κ1) is 28.4. The van der Waals surface area contributed by atoms with Gasteiger partial charge in [-0.25, -0.2) is 19.4 Å². The van der Waals surface area contributed by atoms with Gasteiger partial charge in [0.15, 0.2) is 12.2 Å². The average molecular weight is 571 g/mol. The van der Waals surface area contributed by atoms with E-state index in [0.717, 1.165) is 0 Å². The van der Waals surface area contributed by atoms with E-state index in [2.05, 4.69) is 10.3 Å². The molecule has 3 aromatic rings. The first-order chi connectivity index (χ1) is 20.3. The number of carbonyl (C=O) groups is 5. The molecule has 1 N–H and O–H groups in total. The van der Waals surface area contributed by atoms with E-state index in [4.69, 9.17) is 18.9 Å². The summed E-state index contributed by atoms with van der Waals surface area (Å²) < 4.78 is 23.2. The summed E-state index contributed by atoms with van der Waals surface area (Å²) >= 11 is 0. The molecule has 2 aliphatic heterocycles. The number of hydrogen-bond donors (Lipinski definition) is 1. The van der Waals surface area contributed by atoms with Gasteiger partial charge in [-0.15, -0.1) is 0 Å². The van der Waals surface area contributed by atoms with Gasteiger partial charge in [-0.05, 0) is 43.3 Å². The molecule has 2 aliphatic rings. The van der Waals surface area contributed by atoms with Crippen LogP contribution >= 0.6 is 0 Å². The molecule has 0 aromatic heterocycles. The molecule has 0 radical (unpaired) electrons. The van der Waals surface area contributed by atoms with Gasteiger partial charge in [0.1, 0.15) is 30.6 Å². The largest absolute Gasteiger partial charge is 0.459 e. The van der Waals surface area contributed by atoms with Crippen molar-refractivity contribution in [3.8, 4) is 0 Å². The Balaban J connectivity index is 1.48. The molecule has 0 aliphatic carbocycles. The van der Waals surface area contributed by atoms with Crippen LogP contribution in [-0.2, 0) is 28.5 Å². The van der Waals surface area contributed by atoms with E-state index < -0.39 is 66.8 Å². The number of rotatable bonds is 8. The zero-order valence-electron chi connectivity index (χ0n) is 22.4. The zero-order valence-corrected chi connectivity index (χ0v) is 22.4. The summed E-state index contributed by atoms with van der Waals surface area (Å²) in [4.78, 5) is 68.2. The maximum absolute atomic E-state index is 13.2. The number of nitrogens with one attached hydrogen (secondary N) is 1. The highest BCUT2D eigenvalue weighted by atomic mass is 16.7. The number of carbonyl (C=O) groups excluding carboxylic acids is 5. The Labute approximate surface area is 240 Å². The monoisotopic (exact) mass is 570 g/mol. The van der Waals surface area contributed by atoms with Crippen molar-refractivity contribution < 1.29 is 42.9 Å². The Kier molecular flexibility index (Phi) is 8.49. The molecule has 11 heteroatoms. The summed E-state index contributed by atoms with van der Waals surface area (Å²) in [5, 5.41) is 2.53. The van der Waals surface area contributed by atoms with E-state index in [1.54, 1.807) is 66.7 Å². The Morgan fingerprint density at radius 2 is 1.21 bits per heavy atom. The van der Waals surface area contributed by atoms with Crippen molar-refractivity contribution >= 4 is 35.4 Å². The molecule has 1 fully saturated rings. The number of esters is 3. The average Bonchev–Trinajstić information content (AvgIpc) is 3.34. The highest BCUT2D eigenvalue weighted by molar-refractivity contribution is 6.41. The lowest BCUT2D eigenvalue weighted by atomic mass is 9.99. The Hall–Kier alpha value is -5.16. The lowest BCUT2D eigenvalue weighted by molar-refractivity contribution is -0.132. The maximum atomic E-state index is 13.2. The van der Waals surface area contributed by atoms with Gasteiger partial charge < -0.3 is 24.3 Å². The number of nitrogens with zero attached hydrogens (tertiary/aromatic N) is 1. The number of ether oxygens (including phenoxy) is 4. The smallest absolute Gasteiger partial charge is 0.338 e. The van der Waals surface area contributed by atoms with Crippen LogP contribution in [0.2, 0.25) is 0 Å². The predicted molar refractivity (Wildman–Crippen MR) is 147 cm³/mol. The van der Waals surface area contributed by atoms with Crippen LogP contribution in [0.1, 0.15) is 38.0 Å². The van der Waals surface area contributed by atoms with Gasteiger partial charge in [0.05, 0.1) is 16.7 Å². The van der Waals surface area contributed by atoms with E-state index in [9.17, 15) is 24.0 Å². The van der Waals surface area contributed by atoms with E-state index in [1.807, 2.05) is 0 Å². The Morgan fingerprint density at radius 1 is 0.738 bits per heavy atom. The first-order valence-electron chi connectivity index (χ1n) is 13.1. The van der Waals surface area contributed by atoms with E-state index in [1.165, 1.54) is 31.2 Å². The van der Waals surface area contributed by atoms with Crippen molar-refractivity contribution in [2.45, 2.75) is 37.4 Å². The number of amides is 2. The lowest BCUT2D eigenvalue weighted by Gasteiger charge is -2.29. The van der Waals surface area contributed by atoms with Gasteiger partial charge in [0.2, 0.25) is 0 Å². The first-order valence-corrected chi connectivity index (χ1v) is 13.1. The third-order valence-corrected chi connectivity index (χ3v) is 6.73. The Morgan fingerprint density at radius 3 is 1.74 bits per heavy atom. The molecule has 0 spiro atoms. The van der Waals surface area contributed by atoms with Gasteiger partial charge >= 0.3 is 17.9 Å². The molecule has 2 heterocycles. The van der Waals surface area contributed by atoms with Gasteiger partial charge in [0.25, 0.3) is 11.8 Å². The van der Waals surface area contributed by atoms with Crippen molar-refractivity contribution in [3.63, 3.8) is 0 Å². The Bertz CT molecular complexity index is 1510. The van der Waals surface area contributed by atoms with Crippen LogP contribution in [0.4, 0.5) is 0 Å². The van der Waals surface area contributed by atoms with E-state index >= 15 is 0 Å². The molecule has 5 rings (SSSR count). The maximum Gasteiger partial charge on any atom is 0.338 e. The fourth-order valence-corrected chi connectivity index (χ4v) is 4.60. The number of benzene rings is 3. The predicted octanol–water partition coefficient (Wildman–Crippen LogP) is 2.55. The van der Waals surface area contributed by atoms with Crippen LogP contribution in [0.25, 0.3) is 0 Å². The van der Waals surface area contributed by atoms with Crippen LogP contribution in [0.5, 0.6) is 0 Å². The van der Waals surface area contributed by atoms with Crippen LogP contribution in [0.3, 0.4) is 0 Å². The molecular weight excluding hydrogens is 544 g/mol. The minimum absolute atomic E-state index is 0.0486. The molecule has 0 saturated carbocycles. The molecule has 42 heavy (non-hydrogen) atoms. The molecule has 214 valence electrons. The topological polar surface area (TPSA) is 147 Å². The standard InChI is InChI=1S/C31H26N2O9/c1-18-27(34)33-23(28(35)32-18)25-26(42-31(38)21-15-9-4-10-16-21)24(41-30(37)20-13-7-3-8-14-20)22(40-25)17-39-29(36)19-11-5-2-6-12-19/h2-16,22-26H,17H2,1H3,(H,33,34)/t22-,23+,24+,25+,26+/m0/s1. The second kappa shape index (κ2) is 12.6. The summed E-state index contributed by atoms with van der Waals surface area (Å²) in [5.41, 5.74) is 0.622. The molecule has 5 atom stereocenters. The third kappa shape index (κ3) is 6.26. The molecule has 0 unspecified atom stereocenters. The van der Waals surface area contributed by atoms with E-state index in [0.29, 0.717) is 0 Å². The zero-order chi connectivity index (χ0) is 29.6. The van der Waals surface area contributed by atoms with Crippen molar-refractivity contribution in [1.82, 2.24) is 5.32 Å².